The Kier molecular flexibility index (Phi) is 5.82. The number of halogens is 1. The molecule has 0 radical (unpaired) electrons. The van der Waals surface area contributed by atoms with Gasteiger partial charge in [-0.25, -0.2) is 9.67 Å². The number of hydrogen-bond acceptors (Lipinski definition) is 6. The van der Waals surface area contributed by atoms with Crippen LogP contribution in [0, 0.1) is 13.8 Å². The summed E-state index contributed by atoms with van der Waals surface area (Å²) < 4.78 is 3.89. The van der Waals surface area contributed by atoms with E-state index in [1.165, 1.54) is 5.56 Å². The summed E-state index contributed by atoms with van der Waals surface area (Å²) in [6, 6.07) is 7.91. The minimum absolute atomic E-state index is 0.191. The Morgan fingerprint density at radius 3 is 2.88 bits per heavy atom. The van der Waals surface area contributed by atoms with Crippen LogP contribution in [-0.4, -0.2) is 60.1 Å². The van der Waals surface area contributed by atoms with Gasteiger partial charge in [-0.3, -0.25) is 0 Å². The third-order valence-corrected chi connectivity index (χ3v) is 6.97. The fraction of sp³-hybridized carbons (Fsp3) is 0.375. The van der Waals surface area contributed by atoms with Crippen molar-refractivity contribution in [3.8, 4) is 5.82 Å². The Morgan fingerprint density at radius 2 is 2.09 bits per heavy atom. The molecule has 8 nitrogen and oxygen atoms in total. The zero-order valence-corrected chi connectivity index (χ0v) is 19.8. The standard InChI is InChI=1S/C24H28ClN7O/c1-15-17(7-10-31-11-8-19(33)14-31)13-32(29-15)22-6-9-26-24(28-22)27-18-4-5-21-20(12-18)23(25)16(2)30(21)3/h4-6,9,12-13,19,33H,7-8,10-11,14H2,1-3H3,(H,26,27,28)/t19-/m1/s1. The molecule has 2 N–H and O–H groups in total. The van der Waals surface area contributed by atoms with Crippen molar-refractivity contribution in [3.63, 3.8) is 0 Å². The Labute approximate surface area is 197 Å². The van der Waals surface area contributed by atoms with Gasteiger partial charge in [0.15, 0.2) is 5.82 Å². The van der Waals surface area contributed by atoms with Gasteiger partial charge in [-0.05, 0) is 50.5 Å². The normalized spacial score (nSPS) is 16.7. The predicted molar refractivity (Wildman–Crippen MR) is 131 cm³/mol. The summed E-state index contributed by atoms with van der Waals surface area (Å²) in [6.45, 7) is 6.66. The van der Waals surface area contributed by atoms with Crippen LogP contribution in [0.5, 0.6) is 0 Å². The highest BCUT2D eigenvalue weighted by Crippen LogP contribution is 2.32. The van der Waals surface area contributed by atoms with E-state index in [9.17, 15) is 5.11 Å². The maximum absolute atomic E-state index is 9.73. The molecule has 33 heavy (non-hydrogen) atoms. The molecule has 0 spiro atoms. The number of anilines is 2. The fourth-order valence-electron chi connectivity index (χ4n) is 4.42. The SMILES string of the molecule is Cc1nn(-c2ccnc(Nc3ccc4c(c3)c(Cl)c(C)n4C)n2)cc1CCN1CC[C@@H](O)C1. The van der Waals surface area contributed by atoms with Gasteiger partial charge >= 0.3 is 0 Å². The Morgan fingerprint density at radius 1 is 1.24 bits per heavy atom. The number of nitrogens with one attached hydrogen (secondary N) is 1. The zero-order valence-electron chi connectivity index (χ0n) is 19.1. The average Bonchev–Trinajstić information content (AvgIpc) is 3.46. The van der Waals surface area contributed by atoms with E-state index in [4.69, 9.17) is 11.6 Å². The van der Waals surface area contributed by atoms with Crippen molar-refractivity contribution in [2.24, 2.45) is 7.05 Å². The lowest BCUT2D eigenvalue weighted by atomic mass is 10.2. The van der Waals surface area contributed by atoms with Gasteiger partial charge in [-0.2, -0.15) is 10.1 Å². The molecule has 0 amide bonds. The number of aromatic nitrogens is 5. The molecular weight excluding hydrogens is 438 g/mol. The van der Waals surface area contributed by atoms with Crippen LogP contribution in [0.25, 0.3) is 16.7 Å². The van der Waals surface area contributed by atoms with Crippen molar-refractivity contribution in [2.45, 2.75) is 32.8 Å². The summed E-state index contributed by atoms with van der Waals surface area (Å²) in [5.41, 5.74) is 5.16. The lowest BCUT2D eigenvalue weighted by Gasteiger charge is -2.13. The van der Waals surface area contributed by atoms with Crippen LogP contribution in [0.1, 0.15) is 23.4 Å². The highest BCUT2D eigenvalue weighted by atomic mass is 35.5. The van der Waals surface area contributed by atoms with Gasteiger partial charge in [0.2, 0.25) is 5.95 Å². The van der Waals surface area contributed by atoms with Gasteiger partial charge < -0.3 is 19.9 Å². The molecule has 0 saturated carbocycles. The van der Waals surface area contributed by atoms with Gasteiger partial charge in [-0.1, -0.05) is 11.6 Å². The van der Waals surface area contributed by atoms with Crippen LogP contribution < -0.4 is 5.32 Å². The second-order valence-electron chi connectivity index (χ2n) is 8.73. The van der Waals surface area contributed by atoms with Gasteiger partial charge in [0.05, 0.1) is 16.8 Å². The first-order chi connectivity index (χ1) is 15.9. The molecule has 1 aromatic carbocycles. The van der Waals surface area contributed by atoms with Crippen LogP contribution in [0.3, 0.4) is 0 Å². The van der Waals surface area contributed by atoms with E-state index in [0.29, 0.717) is 11.8 Å². The molecule has 4 aromatic rings. The molecule has 1 fully saturated rings. The summed E-state index contributed by atoms with van der Waals surface area (Å²) in [5.74, 6) is 1.20. The maximum Gasteiger partial charge on any atom is 0.229 e. The van der Waals surface area contributed by atoms with Crippen molar-refractivity contribution >= 4 is 34.1 Å². The molecule has 1 saturated heterocycles. The van der Waals surface area contributed by atoms with E-state index >= 15 is 0 Å². The molecule has 1 aliphatic rings. The van der Waals surface area contributed by atoms with Crippen molar-refractivity contribution in [1.82, 2.24) is 29.2 Å². The highest BCUT2D eigenvalue weighted by Gasteiger charge is 2.20. The Hall–Kier alpha value is -2.94. The first-order valence-corrected chi connectivity index (χ1v) is 11.6. The van der Waals surface area contributed by atoms with E-state index in [2.05, 4.69) is 29.9 Å². The second-order valence-corrected chi connectivity index (χ2v) is 9.11. The van der Waals surface area contributed by atoms with Crippen LogP contribution in [0.15, 0.2) is 36.7 Å². The molecule has 1 aliphatic heterocycles. The minimum Gasteiger partial charge on any atom is -0.392 e. The average molecular weight is 466 g/mol. The van der Waals surface area contributed by atoms with Crippen molar-refractivity contribution in [2.75, 3.05) is 25.0 Å². The van der Waals surface area contributed by atoms with Crippen LogP contribution in [0.2, 0.25) is 5.02 Å². The summed E-state index contributed by atoms with van der Waals surface area (Å²) >= 11 is 6.51. The Bertz CT molecular complexity index is 1310. The van der Waals surface area contributed by atoms with E-state index in [-0.39, 0.29) is 6.10 Å². The third kappa shape index (κ3) is 4.34. The van der Waals surface area contributed by atoms with E-state index in [1.54, 1.807) is 10.9 Å². The maximum atomic E-state index is 9.73. The number of hydrogen-bond donors (Lipinski definition) is 2. The molecule has 0 bridgehead atoms. The molecule has 0 aliphatic carbocycles. The van der Waals surface area contributed by atoms with Crippen molar-refractivity contribution in [1.29, 1.82) is 0 Å². The molecule has 172 valence electrons. The number of nitrogens with zero attached hydrogens (tertiary/aromatic N) is 6. The lowest BCUT2D eigenvalue weighted by Crippen LogP contribution is -2.24. The quantitative estimate of drug-likeness (QED) is 0.451. The predicted octanol–water partition coefficient (Wildman–Crippen LogP) is 3.78. The largest absolute Gasteiger partial charge is 0.392 e. The zero-order chi connectivity index (χ0) is 23.1. The second kappa shape index (κ2) is 8.78. The van der Waals surface area contributed by atoms with Gasteiger partial charge in [0.25, 0.3) is 0 Å². The van der Waals surface area contributed by atoms with Gasteiger partial charge in [0, 0.05) is 67.4 Å². The molecule has 3 aromatic heterocycles. The van der Waals surface area contributed by atoms with Crippen molar-refractivity contribution < 1.29 is 5.11 Å². The number of aliphatic hydroxyl groups excluding tert-OH is 1. The molecule has 0 unspecified atom stereocenters. The number of likely N-dealkylation sites (tertiary alicyclic amines) is 1. The molecule has 5 rings (SSSR count). The summed E-state index contributed by atoms with van der Waals surface area (Å²) in [6.07, 6.45) is 5.32. The van der Waals surface area contributed by atoms with Crippen LogP contribution in [-0.2, 0) is 13.5 Å². The fourth-order valence-corrected chi connectivity index (χ4v) is 4.70. The molecule has 4 heterocycles. The van der Waals surface area contributed by atoms with E-state index in [1.807, 2.05) is 51.4 Å². The number of rotatable bonds is 6. The van der Waals surface area contributed by atoms with Crippen LogP contribution >= 0.6 is 11.6 Å². The Balaban J connectivity index is 1.33. The third-order valence-electron chi connectivity index (χ3n) is 6.49. The van der Waals surface area contributed by atoms with Gasteiger partial charge in [0.1, 0.15) is 0 Å². The molecular formula is C24H28ClN7O. The summed E-state index contributed by atoms with van der Waals surface area (Å²) in [4.78, 5) is 11.3. The molecule has 9 heteroatoms. The van der Waals surface area contributed by atoms with E-state index < -0.39 is 0 Å². The lowest BCUT2D eigenvalue weighted by molar-refractivity contribution is 0.177. The smallest absolute Gasteiger partial charge is 0.229 e. The first kappa shape index (κ1) is 21.9. The number of aliphatic hydroxyl groups is 1. The number of fused-ring (bicyclic) bond motifs is 1. The summed E-state index contributed by atoms with van der Waals surface area (Å²) in [7, 11) is 2.01. The summed E-state index contributed by atoms with van der Waals surface area (Å²) in [5, 5.41) is 19.4. The van der Waals surface area contributed by atoms with Crippen LogP contribution in [0.4, 0.5) is 11.6 Å². The first-order valence-electron chi connectivity index (χ1n) is 11.2. The van der Waals surface area contributed by atoms with Crippen molar-refractivity contribution in [3.05, 3.63) is 58.6 Å². The number of benzene rings is 1. The monoisotopic (exact) mass is 465 g/mol. The highest BCUT2D eigenvalue weighted by molar-refractivity contribution is 6.36. The topological polar surface area (TPSA) is 84.0 Å². The van der Waals surface area contributed by atoms with E-state index in [0.717, 1.165) is 65.5 Å². The molecule has 1 atom stereocenters. The number of aryl methyl sites for hydroxylation is 2. The van der Waals surface area contributed by atoms with Gasteiger partial charge in [-0.15, -0.1) is 0 Å². The number of β-amino-alcohol motifs (C(OH)–C–C–N with tert-alkyl or cyclic N) is 1. The minimum atomic E-state index is -0.191.